The van der Waals surface area contributed by atoms with Gasteiger partial charge in [0, 0.05) is 0 Å². The summed E-state index contributed by atoms with van der Waals surface area (Å²) < 4.78 is 11.1. The minimum absolute atomic E-state index is 0.187. The maximum atomic E-state index is 6.13. The van der Waals surface area contributed by atoms with Gasteiger partial charge >= 0.3 is 0 Å². The summed E-state index contributed by atoms with van der Waals surface area (Å²) in [7, 11) is 0. The van der Waals surface area contributed by atoms with Crippen molar-refractivity contribution in [2.75, 3.05) is 13.2 Å². The van der Waals surface area contributed by atoms with Gasteiger partial charge in [-0.25, -0.2) is 0 Å². The fraction of sp³-hybridized carbons (Fsp3) is 1.00. The fourth-order valence-corrected chi connectivity index (χ4v) is 2.82. The summed E-state index contributed by atoms with van der Waals surface area (Å²) in [6.07, 6.45) is 14.4. The van der Waals surface area contributed by atoms with Crippen molar-refractivity contribution in [1.29, 1.82) is 0 Å². The SMILES string of the molecule is CCCCCCCC(Cl)OCCOC(Cl)CCCCCCC. The van der Waals surface area contributed by atoms with Crippen molar-refractivity contribution in [3.63, 3.8) is 0 Å². The van der Waals surface area contributed by atoms with E-state index in [0.29, 0.717) is 13.2 Å². The lowest BCUT2D eigenvalue weighted by Gasteiger charge is -2.13. The number of unbranched alkanes of at least 4 members (excludes halogenated alkanes) is 8. The number of hydrogen-bond donors (Lipinski definition) is 0. The van der Waals surface area contributed by atoms with Crippen LogP contribution in [0.2, 0.25) is 0 Å². The van der Waals surface area contributed by atoms with Crippen LogP contribution in [0.4, 0.5) is 0 Å². The van der Waals surface area contributed by atoms with Gasteiger partial charge < -0.3 is 9.47 Å². The number of ether oxygens (including phenoxy) is 2. The van der Waals surface area contributed by atoms with Crippen molar-refractivity contribution in [2.45, 2.75) is 102 Å². The summed E-state index contributed by atoms with van der Waals surface area (Å²) in [5, 5.41) is 0. The third kappa shape index (κ3) is 16.9. The molecule has 0 spiro atoms. The van der Waals surface area contributed by atoms with Crippen molar-refractivity contribution >= 4 is 23.2 Å². The first kappa shape index (κ1) is 22.5. The lowest BCUT2D eigenvalue weighted by Crippen LogP contribution is -2.14. The molecule has 0 radical (unpaired) electrons. The molecular weight excluding hydrogens is 319 g/mol. The normalized spacial score (nSPS) is 14.2. The topological polar surface area (TPSA) is 18.5 Å². The van der Waals surface area contributed by atoms with E-state index in [2.05, 4.69) is 13.8 Å². The summed E-state index contributed by atoms with van der Waals surface area (Å²) in [5.74, 6) is 0. The van der Waals surface area contributed by atoms with Crippen LogP contribution in [0.1, 0.15) is 90.9 Å². The first-order chi connectivity index (χ1) is 10.7. The Labute approximate surface area is 148 Å². The largest absolute Gasteiger partial charge is 0.360 e. The summed E-state index contributed by atoms with van der Waals surface area (Å²) >= 11 is 12.3. The summed E-state index contributed by atoms with van der Waals surface area (Å²) in [4.78, 5) is 0. The van der Waals surface area contributed by atoms with Crippen LogP contribution in [0.5, 0.6) is 0 Å². The monoisotopic (exact) mass is 354 g/mol. The number of alkyl halides is 2. The molecule has 0 bridgehead atoms. The van der Waals surface area contributed by atoms with E-state index in [1.165, 1.54) is 51.4 Å². The van der Waals surface area contributed by atoms with E-state index in [-0.39, 0.29) is 11.1 Å². The lowest BCUT2D eigenvalue weighted by atomic mass is 10.1. The molecular formula is C18H36Cl2O2. The Kier molecular flexibility index (Phi) is 18.3. The van der Waals surface area contributed by atoms with Gasteiger partial charge in [0.15, 0.2) is 0 Å². The van der Waals surface area contributed by atoms with E-state index in [0.717, 1.165) is 25.7 Å². The third-order valence-electron chi connectivity index (χ3n) is 3.75. The minimum Gasteiger partial charge on any atom is -0.360 e. The molecule has 2 atom stereocenters. The molecule has 0 aromatic rings. The van der Waals surface area contributed by atoms with E-state index >= 15 is 0 Å². The molecule has 0 amide bonds. The molecule has 0 N–H and O–H groups in total. The molecule has 0 aliphatic heterocycles. The minimum atomic E-state index is -0.187. The Morgan fingerprint density at radius 1 is 0.591 bits per heavy atom. The second kappa shape index (κ2) is 17.8. The third-order valence-corrected chi connectivity index (χ3v) is 4.44. The van der Waals surface area contributed by atoms with Crippen LogP contribution in [0.15, 0.2) is 0 Å². The average molecular weight is 355 g/mol. The van der Waals surface area contributed by atoms with Crippen LogP contribution in [0.25, 0.3) is 0 Å². The molecule has 4 heteroatoms. The molecule has 0 rings (SSSR count). The molecule has 134 valence electrons. The van der Waals surface area contributed by atoms with Crippen LogP contribution in [0, 0.1) is 0 Å². The van der Waals surface area contributed by atoms with Crippen molar-refractivity contribution in [2.24, 2.45) is 0 Å². The van der Waals surface area contributed by atoms with Gasteiger partial charge in [0.2, 0.25) is 0 Å². The van der Waals surface area contributed by atoms with Gasteiger partial charge in [-0.2, -0.15) is 0 Å². The Bertz CT molecular complexity index is 193. The van der Waals surface area contributed by atoms with Crippen LogP contribution >= 0.6 is 23.2 Å². The molecule has 0 aromatic carbocycles. The van der Waals surface area contributed by atoms with Gasteiger partial charge in [-0.15, -0.1) is 0 Å². The second-order valence-corrected chi connectivity index (χ2v) is 6.94. The Morgan fingerprint density at radius 3 is 1.32 bits per heavy atom. The number of hydrogen-bond acceptors (Lipinski definition) is 2. The first-order valence-corrected chi connectivity index (χ1v) is 10.1. The van der Waals surface area contributed by atoms with E-state index in [9.17, 15) is 0 Å². The quantitative estimate of drug-likeness (QED) is 0.209. The first-order valence-electron chi connectivity index (χ1n) is 9.22. The molecule has 0 aromatic heterocycles. The highest BCUT2D eigenvalue weighted by Crippen LogP contribution is 2.14. The van der Waals surface area contributed by atoms with Gasteiger partial charge in [-0.3, -0.25) is 0 Å². The summed E-state index contributed by atoms with van der Waals surface area (Å²) in [5.41, 5.74) is -0.374. The van der Waals surface area contributed by atoms with Crippen LogP contribution < -0.4 is 0 Å². The van der Waals surface area contributed by atoms with Crippen LogP contribution in [-0.2, 0) is 9.47 Å². The van der Waals surface area contributed by atoms with Crippen molar-refractivity contribution < 1.29 is 9.47 Å². The second-order valence-electron chi connectivity index (χ2n) is 5.97. The van der Waals surface area contributed by atoms with Gasteiger partial charge in [-0.05, 0) is 25.7 Å². The highest BCUT2D eigenvalue weighted by atomic mass is 35.5. The fourth-order valence-electron chi connectivity index (χ4n) is 2.34. The molecule has 0 saturated heterocycles. The highest BCUT2D eigenvalue weighted by molar-refractivity contribution is 6.19. The smallest absolute Gasteiger partial charge is 0.131 e. The Balaban J connectivity index is 3.28. The molecule has 0 heterocycles. The zero-order chi connectivity index (χ0) is 16.5. The van der Waals surface area contributed by atoms with Gasteiger partial charge in [0.05, 0.1) is 13.2 Å². The van der Waals surface area contributed by atoms with Crippen molar-refractivity contribution in [3.8, 4) is 0 Å². The average Bonchev–Trinajstić information content (AvgIpc) is 2.51. The Hall–Kier alpha value is 0.500. The molecule has 0 aliphatic rings. The molecule has 0 fully saturated rings. The van der Waals surface area contributed by atoms with E-state index < -0.39 is 0 Å². The zero-order valence-electron chi connectivity index (χ0n) is 14.6. The number of rotatable bonds is 17. The van der Waals surface area contributed by atoms with Gasteiger partial charge in [0.1, 0.15) is 11.1 Å². The van der Waals surface area contributed by atoms with Crippen LogP contribution in [-0.4, -0.2) is 24.3 Å². The lowest BCUT2D eigenvalue weighted by molar-refractivity contribution is 0.0185. The maximum absolute atomic E-state index is 6.13. The Morgan fingerprint density at radius 2 is 0.955 bits per heavy atom. The summed E-state index contributed by atoms with van der Waals surface area (Å²) in [6, 6.07) is 0. The molecule has 2 unspecified atom stereocenters. The zero-order valence-corrected chi connectivity index (χ0v) is 16.1. The van der Waals surface area contributed by atoms with Crippen LogP contribution in [0.3, 0.4) is 0 Å². The number of halogens is 2. The predicted octanol–water partition coefficient (Wildman–Crippen LogP) is 6.87. The molecule has 0 aliphatic carbocycles. The maximum Gasteiger partial charge on any atom is 0.131 e. The highest BCUT2D eigenvalue weighted by Gasteiger charge is 2.07. The molecule has 0 saturated carbocycles. The summed E-state index contributed by atoms with van der Waals surface area (Å²) in [6.45, 7) is 5.51. The van der Waals surface area contributed by atoms with E-state index in [4.69, 9.17) is 32.7 Å². The van der Waals surface area contributed by atoms with Gasteiger partial charge in [-0.1, -0.05) is 88.4 Å². The molecule has 22 heavy (non-hydrogen) atoms. The predicted molar refractivity (Wildman–Crippen MR) is 97.9 cm³/mol. The van der Waals surface area contributed by atoms with Crippen molar-refractivity contribution in [1.82, 2.24) is 0 Å². The van der Waals surface area contributed by atoms with E-state index in [1.807, 2.05) is 0 Å². The van der Waals surface area contributed by atoms with Gasteiger partial charge in [0.25, 0.3) is 0 Å². The standard InChI is InChI=1S/C18H36Cl2O2/c1-3-5-7-9-11-13-17(19)21-15-16-22-18(20)14-12-10-8-6-4-2/h17-18H,3-16H2,1-2H3. The van der Waals surface area contributed by atoms with Crippen molar-refractivity contribution in [3.05, 3.63) is 0 Å². The molecule has 2 nitrogen and oxygen atoms in total. The van der Waals surface area contributed by atoms with E-state index in [1.54, 1.807) is 0 Å².